The third-order valence-corrected chi connectivity index (χ3v) is 1.51. The largest absolute Gasteiger partial charge is 0.369 e. The second-order valence-electron chi connectivity index (χ2n) is 2.91. The molecule has 0 saturated carbocycles. The lowest BCUT2D eigenvalue weighted by Gasteiger charge is -2.02. The maximum atomic E-state index is 5.37. The van der Waals surface area contributed by atoms with Crippen molar-refractivity contribution in [3.63, 3.8) is 0 Å². The maximum absolute atomic E-state index is 5.37. The van der Waals surface area contributed by atoms with Crippen molar-refractivity contribution in [2.24, 2.45) is 16.6 Å². The van der Waals surface area contributed by atoms with Gasteiger partial charge in [-0.25, -0.2) is 10.8 Å². The number of rotatable bonds is 2. The quantitative estimate of drug-likeness (QED) is 0.257. The van der Waals surface area contributed by atoms with E-state index in [2.05, 4.69) is 15.5 Å². The lowest BCUT2D eigenvalue weighted by atomic mass is 10.4. The zero-order valence-electron chi connectivity index (χ0n) is 7.73. The molecule has 72 valence electrons. The molecule has 0 bridgehead atoms. The fourth-order valence-electron chi connectivity index (χ4n) is 0.840. The van der Waals surface area contributed by atoms with Crippen LogP contribution in [0.15, 0.2) is 17.4 Å². The highest BCUT2D eigenvalue weighted by molar-refractivity contribution is 5.79. The predicted octanol–water partition coefficient (Wildman–Crippen LogP) is -0.126. The van der Waals surface area contributed by atoms with Gasteiger partial charge < -0.3 is 5.73 Å². The van der Waals surface area contributed by atoms with Gasteiger partial charge in [0.15, 0.2) is 0 Å². The van der Waals surface area contributed by atoms with Crippen LogP contribution in [0.25, 0.3) is 0 Å². The molecule has 0 aliphatic rings. The molecule has 0 radical (unpaired) electrons. The Kier molecular flexibility index (Phi) is 2.86. The Hall–Kier alpha value is -1.56. The molecule has 5 N–H and O–H groups in total. The van der Waals surface area contributed by atoms with Crippen LogP contribution < -0.4 is 17.0 Å². The van der Waals surface area contributed by atoms with E-state index in [-0.39, 0.29) is 5.96 Å². The summed E-state index contributed by atoms with van der Waals surface area (Å²) in [6.07, 6.45) is 3.43. The van der Waals surface area contributed by atoms with Gasteiger partial charge in [0.25, 0.3) is 0 Å². The standard InChI is InChI=1S/C7H14N6/c1-5(2)13-4-6(3-10-13)11-7(8)12-9/h3-5H,9H2,1-2H3,(H3,8,11,12). The Balaban J connectivity index is 2.80. The molecule has 0 fully saturated rings. The first-order valence-electron chi connectivity index (χ1n) is 3.98. The summed E-state index contributed by atoms with van der Waals surface area (Å²) < 4.78 is 1.79. The van der Waals surface area contributed by atoms with Crippen LogP contribution in [0.3, 0.4) is 0 Å². The van der Waals surface area contributed by atoms with Crippen molar-refractivity contribution in [3.8, 4) is 0 Å². The van der Waals surface area contributed by atoms with Gasteiger partial charge in [-0.1, -0.05) is 0 Å². The summed E-state index contributed by atoms with van der Waals surface area (Å²) in [7, 11) is 0. The molecule has 1 aromatic heterocycles. The molecular weight excluding hydrogens is 168 g/mol. The zero-order valence-corrected chi connectivity index (χ0v) is 7.73. The summed E-state index contributed by atoms with van der Waals surface area (Å²) in [5, 5.41) is 4.09. The Morgan fingerprint density at radius 1 is 1.69 bits per heavy atom. The van der Waals surface area contributed by atoms with Crippen LogP contribution in [0.5, 0.6) is 0 Å². The SMILES string of the molecule is CC(C)n1cc(N=C(N)NN)cn1. The van der Waals surface area contributed by atoms with Crippen LogP contribution >= 0.6 is 0 Å². The van der Waals surface area contributed by atoms with Crippen molar-refractivity contribution >= 4 is 11.6 Å². The first kappa shape index (κ1) is 9.53. The fourth-order valence-corrected chi connectivity index (χ4v) is 0.840. The van der Waals surface area contributed by atoms with Gasteiger partial charge in [-0.3, -0.25) is 10.1 Å². The summed E-state index contributed by atoms with van der Waals surface area (Å²) in [5.74, 6) is 5.22. The zero-order chi connectivity index (χ0) is 9.84. The van der Waals surface area contributed by atoms with Gasteiger partial charge in [0.1, 0.15) is 5.69 Å². The van der Waals surface area contributed by atoms with E-state index in [0.29, 0.717) is 11.7 Å². The number of hydrogen-bond donors (Lipinski definition) is 3. The van der Waals surface area contributed by atoms with E-state index in [1.807, 2.05) is 13.8 Å². The first-order valence-corrected chi connectivity index (χ1v) is 3.98. The summed E-state index contributed by atoms with van der Waals surface area (Å²) in [4.78, 5) is 3.96. The monoisotopic (exact) mass is 182 g/mol. The number of nitrogens with zero attached hydrogens (tertiary/aromatic N) is 3. The van der Waals surface area contributed by atoms with Gasteiger partial charge in [-0.05, 0) is 13.8 Å². The Morgan fingerprint density at radius 2 is 2.38 bits per heavy atom. The van der Waals surface area contributed by atoms with Crippen molar-refractivity contribution in [2.45, 2.75) is 19.9 Å². The number of hydrogen-bond acceptors (Lipinski definition) is 3. The number of hydrazine groups is 1. The topological polar surface area (TPSA) is 94.2 Å². The summed E-state index contributed by atoms with van der Waals surface area (Å²) in [6, 6.07) is 0.316. The molecule has 0 saturated heterocycles. The van der Waals surface area contributed by atoms with Crippen molar-refractivity contribution in [1.29, 1.82) is 0 Å². The molecular formula is C7H14N6. The molecule has 0 aliphatic heterocycles. The molecule has 1 heterocycles. The van der Waals surface area contributed by atoms with E-state index in [9.17, 15) is 0 Å². The highest BCUT2D eigenvalue weighted by Crippen LogP contribution is 2.12. The van der Waals surface area contributed by atoms with E-state index in [1.54, 1.807) is 17.1 Å². The molecule has 0 aliphatic carbocycles. The summed E-state index contributed by atoms with van der Waals surface area (Å²) >= 11 is 0. The normalized spacial score (nSPS) is 12.2. The van der Waals surface area contributed by atoms with Crippen LogP contribution in [0.1, 0.15) is 19.9 Å². The second kappa shape index (κ2) is 3.90. The van der Waals surface area contributed by atoms with E-state index in [0.717, 1.165) is 0 Å². The van der Waals surface area contributed by atoms with Gasteiger partial charge in [0.2, 0.25) is 5.96 Å². The lowest BCUT2D eigenvalue weighted by Crippen LogP contribution is -2.36. The van der Waals surface area contributed by atoms with Crippen LogP contribution in [-0.2, 0) is 0 Å². The molecule has 1 aromatic rings. The molecule has 0 atom stereocenters. The van der Waals surface area contributed by atoms with Crippen molar-refractivity contribution < 1.29 is 0 Å². The smallest absolute Gasteiger partial charge is 0.208 e. The van der Waals surface area contributed by atoms with Gasteiger partial charge >= 0.3 is 0 Å². The predicted molar refractivity (Wildman–Crippen MR) is 51.2 cm³/mol. The third kappa shape index (κ3) is 2.45. The maximum Gasteiger partial charge on any atom is 0.208 e. The molecule has 1 rings (SSSR count). The van der Waals surface area contributed by atoms with Crippen LogP contribution in [0.2, 0.25) is 0 Å². The van der Waals surface area contributed by atoms with E-state index in [4.69, 9.17) is 11.6 Å². The van der Waals surface area contributed by atoms with Crippen LogP contribution in [-0.4, -0.2) is 15.7 Å². The number of nitrogens with one attached hydrogen (secondary N) is 1. The van der Waals surface area contributed by atoms with Gasteiger partial charge in [0.05, 0.1) is 12.4 Å². The molecule has 13 heavy (non-hydrogen) atoms. The highest BCUT2D eigenvalue weighted by atomic mass is 15.3. The van der Waals surface area contributed by atoms with Crippen molar-refractivity contribution in [3.05, 3.63) is 12.4 Å². The average Bonchev–Trinajstić information content (AvgIpc) is 2.52. The molecule has 6 nitrogen and oxygen atoms in total. The van der Waals surface area contributed by atoms with Gasteiger partial charge in [-0.15, -0.1) is 0 Å². The van der Waals surface area contributed by atoms with Gasteiger partial charge in [0, 0.05) is 6.04 Å². The number of aromatic nitrogens is 2. The second-order valence-corrected chi connectivity index (χ2v) is 2.91. The number of guanidine groups is 1. The van der Waals surface area contributed by atoms with Crippen LogP contribution in [0.4, 0.5) is 5.69 Å². The molecule has 0 aromatic carbocycles. The minimum Gasteiger partial charge on any atom is -0.369 e. The minimum absolute atomic E-state index is 0.170. The lowest BCUT2D eigenvalue weighted by molar-refractivity contribution is 0.532. The fraction of sp³-hybridized carbons (Fsp3) is 0.429. The Bertz CT molecular complexity index is 300. The van der Waals surface area contributed by atoms with Crippen LogP contribution in [0, 0.1) is 0 Å². The summed E-state index contributed by atoms with van der Waals surface area (Å²) in [5.41, 5.74) is 8.29. The molecule has 0 amide bonds. The number of nitrogens with two attached hydrogens (primary N) is 2. The highest BCUT2D eigenvalue weighted by Gasteiger charge is 2.00. The molecule has 6 heteroatoms. The number of aliphatic imine (C=N–C) groups is 1. The Morgan fingerprint density at radius 3 is 2.85 bits per heavy atom. The molecule has 0 spiro atoms. The molecule has 0 unspecified atom stereocenters. The van der Waals surface area contributed by atoms with Crippen molar-refractivity contribution in [2.75, 3.05) is 0 Å². The third-order valence-electron chi connectivity index (χ3n) is 1.51. The first-order chi connectivity index (χ1) is 6.13. The summed E-state index contributed by atoms with van der Waals surface area (Å²) in [6.45, 7) is 4.07. The van der Waals surface area contributed by atoms with Gasteiger partial charge in [-0.2, -0.15) is 5.10 Å². The van der Waals surface area contributed by atoms with Crippen molar-refractivity contribution in [1.82, 2.24) is 15.2 Å². The average molecular weight is 182 g/mol. The minimum atomic E-state index is 0.170. The van der Waals surface area contributed by atoms with E-state index in [1.165, 1.54) is 0 Å². The van der Waals surface area contributed by atoms with E-state index >= 15 is 0 Å². The van der Waals surface area contributed by atoms with E-state index < -0.39 is 0 Å². The Labute approximate surface area is 76.6 Å².